The Bertz CT molecular complexity index is 606. The monoisotopic (exact) mass is 274 g/mol. The van der Waals surface area contributed by atoms with Gasteiger partial charge in [0.1, 0.15) is 0 Å². The first-order chi connectivity index (χ1) is 9.70. The molecule has 1 aromatic carbocycles. The summed E-state index contributed by atoms with van der Waals surface area (Å²) in [5.41, 5.74) is 3.02. The van der Waals surface area contributed by atoms with Gasteiger partial charge in [0.15, 0.2) is 17.3 Å². The molecule has 0 spiro atoms. The van der Waals surface area contributed by atoms with Crippen LogP contribution in [-0.4, -0.2) is 23.8 Å². The van der Waals surface area contributed by atoms with Crippen molar-refractivity contribution in [2.24, 2.45) is 5.10 Å². The Kier molecular flexibility index (Phi) is 4.39. The van der Waals surface area contributed by atoms with Crippen LogP contribution in [-0.2, 0) is 0 Å². The number of ether oxygens (including phenoxy) is 1. The van der Waals surface area contributed by atoms with Crippen molar-refractivity contribution in [3.05, 3.63) is 47.9 Å². The van der Waals surface area contributed by atoms with Crippen LogP contribution >= 0.6 is 0 Å². The van der Waals surface area contributed by atoms with E-state index in [0.29, 0.717) is 17.9 Å². The summed E-state index contributed by atoms with van der Waals surface area (Å²) in [6.45, 7) is 2.27. The highest BCUT2D eigenvalue weighted by atomic mass is 16.5. The molecule has 1 amide bonds. The maximum Gasteiger partial charge on any atom is 0.307 e. The number of hydrazone groups is 1. The van der Waals surface area contributed by atoms with Gasteiger partial charge in [0.25, 0.3) is 0 Å². The smallest absolute Gasteiger partial charge is 0.307 e. The van der Waals surface area contributed by atoms with Crippen LogP contribution in [0.5, 0.6) is 11.5 Å². The standard InChI is InChI=1S/C14H14N2O4/c1-2-19-13-8-10(5-6-11(13)17)9-15-16-14(18)12-4-3-7-20-12/h3-9,17H,2H2,1H3,(H,16,18)/b15-9+. The number of rotatable bonds is 5. The van der Waals surface area contributed by atoms with Crippen LogP contribution in [0.2, 0.25) is 0 Å². The van der Waals surface area contributed by atoms with Crippen LogP contribution in [0.3, 0.4) is 0 Å². The largest absolute Gasteiger partial charge is 0.504 e. The van der Waals surface area contributed by atoms with Gasteiger partial charge < -0.3 is 14.3 Å². The molecule has 2 rings (SSSR count). The average Bonchev–Trinajstić information content (AvgIpc) is 2.96. The fraction of sp³-hybridized carbons (Fsp3) is 0.143. The molecular formula is C14H14N2O4. The number of aromatic hydroxyl groups is 1. The zero-order chi connectivity index (χ0) is 14.4. The lowest BCUT2D eigenvalue weighted by Crippen LogP contribution is -2.16. The summed E-state index contributed by atoms with van der Waals surface area (Å²) in [6.07, 6.45) is 2.86. The van der Waals surface area contributed by atoms with Crippen molar-refractivity contribution in [1.29, 1.82) is 0 Å². The summed E-state index contributed by atoms with van der Waals surface area (Å²) in [5, 5.41) is 13.4. The Balaban J connectivity index is 2.01. The van der Waals surface area contributed by atoms with Crippen LogP contribution in [0.25, 0.3) is 0 Å². The maximum absolute atomic E-state index is 11.5. The van der Waals surface area contributed by atoms with Crippen LogP contribution in [0, 0.1) is 0 Å². The van der Waals surface area contributed by atoms with E-state index in [1.165, 1.54) is 18.5 Å². The highest BCUT2D eigenvalue weighted by Crippen LogP contribution is 2.26. The second kappa shape index (κ2) is 6.42. The number of carbonyl (C=O) groups excluding carboxylic acids is 1. The highest BCUT2D eigenvalue weighted by molar-refractivity contribution is 5.92. The number of carbonyl (C=O) groups is 1. The van der Waals surface area contributed by atoms with Gasteiger partial charge in [0, 0.05) is 0 Å². The molecule has 0 fully saturated rings. The number of hydrogen-bond donors (Lipinski definition) is 2. The van der Waals surface area contributed by atoms with Gasteiger partial charge in [-0.25, -0.2) is 5.43 Å². The van der Waals surface area contributed by atoms with E-state index in [9.17, 15) is 9.90 Å². The number of benzene rings is 1. The van der Waals surface area contributed by atoms with Crippen molar-refractivity contribution >= 4 is 12.1 Å². The molecular weight excluding hydrogens is 260 g/mol. The van der Waals surface area contributed by atoms with Gasteiger partial charge in [0.05, 0.1) is 19.1 Å². The van der Waals surface area contributed by atoms with Crippen molar-refractivity contribution in [3.63, 3.8) is 0 Å². The Morgan fingerprint density at radius 1 is 1.50 bits per heavy atom. The lowest BCUT2D eigenvalue weighted by Gasteiger charge is -2.05. The molecule has 6 nitrogen and oxygen atoms in total. The summed E-state index contributed by atoms with van der Waals surface area (Å²) in [7, 11) is 0. The Hall–Kier alpha value is -2.76. The Morgan fingerprint density at radius 3 is 3.05 bits per heavy atom. The molecule has 0 atom stereocenters. The summed E-state index contributed by atoms with van der Waals surface area (Å²) in [6, 6.07) is 7.94. The molecule has 2 aromatic rings. The molecule has 0 radical (unpaired) electrons. The molecule has 104 valence electrons. The van der Waals surface area contributed by atoms with Crippen LogP contribution in [0.1, 0.15) is 23.0 Å². The molecule has 0 aliphatic carbocycles. The minimum Gasteiger partial charge on any atom is -0.504 e. The summed E-state index contributed by atoms with van der Waals surface area (Å²) < 4.78 is 10.2. The number of phenols is 1. The van der Waals surface area contributed by atoms with Gasteiger partial charge in [-0.2, -0.15) is 5.10 Å². The molecule has 0 saturated heterocycles. The van der Waals surface area contributed by atoms with Crippen molar-refractivity contribution in [2.45, 2.75) is 6.92 Å². The van der Waals surface area contributed by atoms with Crippen molar-refractivity contribution < 1.29 is 19.1 Å². The lowest BCUT2D eigenvalue weighted by atomic mass is 10.2. The van der Waals surface area contributed by atoms with Crippen molar-refractivity contribution in [2.75, 3.05) is 6.61 Å². The van der Waals surface area contributed by atoms with Gasteiger partial charge in [-0.3, -0.25) is 4.79 Å². The van der Waals surface area contributed by atoms with E-state index in [1.54, 1.807) is 24.3 Å². The first-order valence-corrected chi connectivity index (χ1v) is 6.03. The number of amides is 1. The molecule has 20 heavy (non-hydrogen) atoms. The van der Waals surface area contributed by atoms with Gasteiger partial charge in [-0.15, -0.1) is 0 Å². The Morgan fingerprint density at radius 2 is 2.35 bits per heavy atom. The quantitative estimate of drug-likeness (QED) is 0.646. The first kappa shape index (κ1) is 13.7. The maximum atomic E-state index is 11.5. The second-order valence-corrected chi connectivity index (χ2v) is 3.84. The van der Waals surface area contributed by atoms with E-state index in [2.05, 4.69) is 10.5 Å². The summed E-state index contributed by atoms with van der Waals surface area (Å²) in [4.78, 5) is 11.5. The molecule has 1 heterocycles. The third kappa shape index (κ3) is 3.38. The van der Waals surface area contributed by atoms with E-state index >= 15 is 0 Å². The predicted molar refractivity (Wildman–Crippen MR) is 73.0 cm³/mol. The van der Waals surface area contributed by atoms with Gasteiger partial charge in [0.2, 0.25) is 0 Å². The first-order valence-electron chi connectivity index (χ1n) is 6.03. The normalized spacial score (nSPS) is 10.7. The minimum absolute atomic E-state index is 0.0589. The number of furan rings is 1. The molecule has 0 unspecified atom stereocenters. The lowest BCUT2D eigenvalue weighted by molar-refractivity contribution is 0.0927. The van der Waals surface area contributed by atoms with Crippen LogP contribution in [0.15, 0.2) is 46.1 Å². The molecule has 0 saturated carbocycles. The average molecular weight is 274 g/mol. The molecule has 2 N–H and O–H groups in total. The van der Waals surface area contributed by atoms with Crippen LogP contribution < -0.4 is 10.2 Å². The van der Waals surface area contributed by atoms with E-state index in [4.69, 9.17) is 9.15 Å². The second-order valence-electron chi connectivity index (χ2n) is 3.84. The fourth-order valence-corrected chi connectivity index (χ4v) is 1.51. The third-order valence-corrected chi connectivity index (χ3v) is 2.41. The van der Waals surface area contributed by atoms with E-state index in [-0.39, 0.29) is 11.5 Å². The van der Waals surface area contributed by atoms with E-state index < -0.39 is 5.91 Å². The van der Waals surface area contributed by atoms with Crippen LogP contribution in [0.4, 0.5) is 0 Å². The van der Waals surface area contributed by atoms with E-state index in [0.717, 1.165) is 0 Å². The molecule has 6 heteroatoms. The van der Waals surface area contributed by atoms with Crippen molar-refractivity contribution in [1.82, 2.24) is 5.43 Å². The molecule has 1 aromatic heterocycles. The number of phenolic OH excluding ortho intramolecular Hbond substituents is 1. The molecule has 0 bridgehead atoms. The topological polar surface area (TPSA) is 84.1 Å². The number of hydrogen-bond acceptors (Lipinski definition) is 5. The Labute approximate surface area is 115 Å². The minimum atomic E-state index is -0.435. The molecule has 0 aliphatic rings. The van der Waals surface area contributed by atoms with Gasteiger partial charge >= 0.3 is 5.91 Å². The fourth-order valence-electron chi connectivity index (χ4n) is 1.51. The zero-order valence-corrected chi connectivity index (χ0v) is 10.9. The highest BCUT2D eigenvalue weighted by Gasteiger charge is 2.06. The van der Waals surface area contributed by atoms with Gasteiger partial charge in [-0.1, -0.05) is 0 Å². The van der Waals surface area contributed by atoms with Crippen molar-refractivity contribution in [3.8, 4) is 11.5 Å². The molecule has 0 aliphatic heterocycles. The number of nitrogens with one attached hydrogen (secondary N) is 1. The predicted octanol–water partition coefficient (Wildman–Crippen LogP) is 2.15. The summed E-state index contributed by atoms with van der Waals surface area (Å²) in [5.74, 6) is 0.176. The summed E-state index contributed by atoms with van der Waals surface area (Å²) >= 11 is 0. The number of nitrogens with zero attached hydrogens (tertiary/aromatic N) is 1. The van der Waals surface area contributed by atoms with Gasteiger partial charge in [-0.05, 0) is 42.8 Å². The third-order valence-electron chi connectivity index (χ3n) is 2.41. The SMILES string of the molecule is CCOc1cc(/C=N/NC(=O)c2ccco2)ccc1O. The zero-order valence-electron chi connectivity index (χ0n) is 10.9. The van der Waals surface area contributed by atoms with E-state index in [1.807, 2.05) is 6.92 Å².